The molecule has 0 aliphatic carbocycles. The Bertz CT molecular complexity index is 821. The van der Waals surface area contributed by atoms with Gasteiger partial charge in [0.25, 0.3) is 0 Å². The molecular formula is C19H21BrN4. The molecule has 3 aromatic rings. The van der Waals surface area contributed by atoms with Crippen molar-refractivity contribution in [2.75, 3.05) is 18.4 Å². The van der Waals surface area contributed by atoms with Gasteiger partial charge in [0.05, 0.1) is 11.7 Å². The van der Waals surface area contributed by atoms with Crippen LogP contribution >= 0.6 is 15.9 Å². The van der Waals surface area contributed by atoms with Crippen molar-refractivity contribution in [3.63, 3.8) is 0 Å². The molecule has 1 fully saturated rings. The first-order chi connectivity index (χ1) is 11.8. The highest BCUT2D eigenvalue weighted by Crippen LogP contribution is 2.22. The number of piperidine rings is 1. The summed E-state index contributed by atoms with van der Waals surface area (Å²) in [5.41, 5.74) is 3.65. The van der Waals surface area contributed by atoms with Crippen molar-refractivity contribution >= 4 is 32.5 Å². The van der Waals surface area contributed by atoms with Crippen molar-refractivity contribution in [1.29, 1.82) is 0 Å². The van der Waals surface area contributed by atoms with Gasteiger partial charge in [0.2, 0.25) is 0 Å². The maximum absolute atomic E-state index is 4.08. The number of benzene rings is 2. The summed E-state index contributed by atoms with van der Waals surface area (Å²) in [7, 11) is 0. The Morgan fingerprint density at radius 2 is 2.04 bits per heavy atom. The lowest BCUT2D eigenvalue weighted by molar-refractivity contribution is 0.211. The molecule has 4 nitrogen and oxygen atoms in total. The molecule has 0 radical (unpaired) electrons. The first kappa shape index (κ1) is 15.7. The molecule has 124 valence electrons. The number of H-pyrrole nitrogens is 1. The number of halogens is 1. The number of hydrogen-bond donors (Lipinski definition) is 2. The van der Waals surface area contributed by atoms with Crippen molar-refractivity contribution in [2.24, 2.45) is 0 Å². The molecule has 0 amide bonds. The van der Waals surface area contributed by atoms with Crippen LogP contribution in [0.15, 0.2) is 53.1 Å². The van der Waals surface area contributed by atoms with E-state index in [9.17, 15) is 0 Å². The van der Waals surface area contributed by atoms with E-state index >= 15 is 0 Å². The van der Waals surface area contributed by atoms with E-state index in [2.05, 4.69) is 78.8 Å². The molecule has 5 heteroatoms. The smallest absolute Gasteiger partial charge is 0.0651 e. The zero-order valence-electron chi connectivity index (χ0n) is 13.5. The molecule has 0 bridgehead atoms. The van der Waals surface area contributed by atoms with Crippen LogP contribution in [0.3, 0.4) is 0 Å². The Morgan fingerprint density at radius 1 is 1.17 bits per heavy atom. The topological polar surface area (TPSA) is 44.0 Å². The molecular weight excluding hydrogens is 364 g/mol. The Morgan fingerprint density at radius 3 is 2.88 bits per heavy atom. The number of nitrogens with one attached hydrogen (secondary N) is 2. The van der Waals surface area contributed by atoms with E-state index in [0.29, 0.717) is 6.04 Å². The molecule has 4 rings (SSSR count). The van der Waals surface area contributed by atoms with Crippen molar-refractivity contribution in [3.05, 3.63) is 58.7 Å². The van der Waals surface area contributed by atoms with E-state index in [-0.39, 0.29) is 0 Å². The Labute approximate surface area is 150 Å². The van der Waals surface area contributed by atoms with Gasteiger partial charge in [-0.15, -0.1) is 0 Å². The van der Waals surface area contributed by atoms with E-state index in [1.165, 1.54) is 24.1 Å². The minimum Gasteiger partial charge on any atom is -0.382 e. The molecule has 1 saturated heterocycles. The number of rotatable bonds is 4. The number of fused-ring (bicyclic) bond motifs is 1. The van der Waals surface area contributed by atoms with Crippen LogP contribution in [0.2, 0.25) is 0 Å². The summed E-state index contributed by atoms with van der Waals surface area (Å²) in [6.45, 7) is 3.31. The van der Waals surface area contributed by atoms with Gasteiger partial charge < -0.3 is 5.32 Å². The van der Waals surface area contributed by atoms with Crippen LogP contribution in [0.5, 0.6) is 0 Å². The van der Waals surface area contributed by atoms with Crippen LogP contribution in [0.1, 0.15) is 18.4 Å². The van der Waals surface area contributed by atoms with Crippen LogP contribution in [0.25, 0.3) is 10.9 Å². The summed E-state index contributed by atoms with van der Waals surface area (Å²) in [4.78, 5) is 2.54. The Balaban J connectivity index is 1.32. The molecule has 1 aliphatic heterocycles. The second-order valence-corrected chi connectivity index (χ2v) is 7.41. The van der Waals surface area contributed by atoms with Crippen LogP contribution in [-0.4, -0.2) is 34.2 Å². The summed E-state index contributed by atoms with van der Waals surface area (Å²) in [6, 6.07) is 15.6. The third-order valence-corrected chi connectivity index (χ3v) is 5.19. The van der Waals surface area contributed by atoms with Gasteiger partial charge in [-0.1, -0.05) is 28.1 Å². The molecule has 0 spiro atoms. The molecule has 2 N–H and O–H groups in total. The van der Waals surface area contributed by atoms with Gasteiger partial charge in [0.15, 0.2) is 0 Å². The first-order valence-corrected chi connectivity index (χ1v) is 9.22. The van der Waals surface area contributed by atoms with Crippen molar-refractivity contribution < 1.29 is 0 Å². The Hall–Kier alpha value is -1.85. The number of hydrogen-bond acceptors (Lipinski definition) is 3. The molecule has 2 heterocycles. The second-order valence-electron chi connectivity index (χ2n) is 6.50. The van der Waals surface area contributed by atoms with E-state index in [1.54, 1.807) is 0 Å². The summed E-state index contributed by atoms with van der Waals surface area (Å²) in [5.74, 6) is 0. The fourth-order valence-electron chi connectivity index (χ4n) is 3.40. The predicted molar refractivity (Wildman–Crippen MR) is 102 cm³/mol. The van der Waals surface area contributed by atoms with E-state index < -0.39 is 0 Å². The highest BCUT2D eigenvalue weighted by Gasteiger charge is 2.19. The third-order valence-electron chi connectivity index (χ3n) is 4.69. The number of likely N-dealkylation sites (tertiary alicyclic amines) is 1. The van der Waals surface area contributed by atoms with Crippen molar-refractivity contribution in [2.45, 2.75) is 25.4 Å². The van der Waals surface area contributed by atoms with E-state index in [1.807, 2.05) is 6.20 Å². The third kappa shape index (κ3) is 3.62. The fraction of sp³-hybridized carbons (Fsp3) is 0.316. The minimum absolute atomic E-state index is 0.549. The normalized spacial score (nSPS) is 16.5. The number of aromatic nitrogens is 2. The van der Waals surface area contributed by atoms with Gasteiger partial charge in [-0.2, -0.15) is 5.10 Å². The number of aromatic amines is 1. The summed E-state index contributed by atoms with van der Waals surface area (Å²) < 4.78 is 1.16. The summed E-state index contributed by atoms with van der Waals surface area (Å²) in [6.07, 6.45) is 4.23. The molecule has 2 aromatic carbocycles. The zero-order chi connectivity index (χ0) is 16.4. The van der Waals surface area contributed by atoms with Gasteiger partial charge in [-0.05, 0) is 48.7 Å². The average Bonchev–Trinajstić information content (AvgIpc) is 3.04. The van der Waals surface area contributed by atoms with Gasteiger partial charge in [0.1, 0.15) is 0 Å². The lowest BCUT2D eigenvalue weighted by atomic mass is 10.0. The summed E-state index contributed by atoms with van der Waals surface area (Å²) in [5, 5.41) is 11.9. The van der Waals surface area contributed by atoms with Crippen LogP contribution < -0.4 is 5.32 Å². The van der Waals surface area contributed by atoms with Gasteiger partial charge in [0, 0.05) is 41.2 Å². The first-order valence-electron chi connectivity index (χ1n) is 8.43. The zero-order valence-corrected chi connectivity index (χ0v) is 15.1. The predicted octanol–water partition coefficient (Wildman–Crippen LogP) is 4.40. The highest BCUT2D eigenvalue weighted by molar-refractivity contribution is 9.10. The number of nitrogens with zero attached hydrogens (tertiary/aromatic N) is 2. The fourth-order valence-corrected chi connectivity index (χ4v) is 3.84. The standard InChI is InChI=1S/C19H21BrN4/c20-16-3-1-2-14(10-16)13-24-8-6-17(7-9-24)22-18-4-5-19-15(11-18)12-21-23-19/h1-5,10-12,17,22H,6-9,13H2,(H,21,23). The van der Waals surface area contributed by atoms with Crippen LogP contribution in [-0.2, 0) is 6.54 Å². The van der Waals surface area contributed by atoms with Gasteiger partial charge >= 0.3 is 0 Å². The lowest BCUT2D eigenvalue weighted by Crippen LogP contribution is -2.38. The Kier molecular flexibility index (Phi) is 4.54. The van der Waals surface area contributed by atoms with Gasteiger partial charge in [-0.3, -0.25) is 10.00 Å². The molecule has 1 aromatic heterocycles. The lowest BCUT2D eigenvalue weighted by Gasteiger charge is -2.33. The average molecular weight is 385 g/mol. The molecule has 24 heavy (non-hydrogen) atoms. The van der Waals surface area contributed by atoms with Crippen molar-refractivity contribution in [1.82, 2.24) is 15.1 Å². The monoisotopic (exact) mass is 384 g/mol. The molecule has 0 atom stereocenters. The maximum atomic E-state index is 4.08. The maximum Gasteiger partial charge on any atom is 0.0651 e. The van der Waals surface area contributed by atoms with Crippen LogP contribution in [0.4, 0.5) is 5.69 Å². The quantitative estimate of drug-likeness (QED) is 0.700. The summed E-state index contributed by atoms with van der Waals surface area (Å²) >= 11 is 3.55. The van der Waals surface area contributed by atoms with E-state index in [0.717, 1.165) is 35.0 Å². The molecule has 0 saturated carbocycles. The van der Waals surface area contributed by atoms with Crippen LogP contribution in [0, 0.1) is 0 Å². The molecule has 1 aliphatic rings. The van der Waals surface area contributed by atoms with Gasteiger partial charge in [-0.25, -0.2) is 0 Å². The number of anilines is 1. The van der Waals surface area contributed by atoms with Crippen molar-refractivity contribution in [3.8, 4) is 0 Å². The SMILES string of the molecule is Brc1cccc(CN2CCC(Nc3ccc4[nH]ncc4c3)CC2)c1. The largest absolute Gasteiger partial charge is 0.382 e. The highest BCUT2D eigenvalue weighted by atomic mass is 79.9. The molecule has 0 unspecified atom stereocenters. The minimum atomic E-state index is 0.549. The van der Waals surface area contributed by atoms with E-state index in [4.69, 9.17) is 0 Å². The second kappa shape index (κ2) is 6.95.